The van der Waals surface area contributed by atoms with Gasteiger partial charge >= 0.3 is 0 Å². The second-order valence-electron chi connectivity index (χ2n) is 3.16. The highest BCUT2D eigenvalue weighted by atomic mass is 79.9. The Labute approximate surface area is 110 Å². The van der Waals surface area contributed by atoms with Gasteiger partial charge in [-0.25, -0.2) is 12.8 Å². The van der Waals surface area contributed by atoms with Crippen LogP contribution in [0.4, 0.5) is 10.1 Å². The zero-order chi connectivity index (χ0) is 12.5. The maximum atomic E-state index is 13.5. The molecule has 1 N–H and O–H groups in total. The number of hydrogen-bond acceptors (Lipinski definition) is 3. The van der Waals surface area contributed by atoms with Crippen LogP contribution in [0.15, 0.2) is 44.4 Å². The fourth-order valence-electron chi connectivity index (χ4n) is 1.18. The molecule has 0 unspecified atom stereocenters. The Morgan fingerprint density at radius 2 is 2.06 bits per heavy atom. The fourth-order valence-corrected chi connectivity index (χ4v) is 3.58. The first-order valence-corrected chi connectivity index (χ1v) is 7.66. The normalized spacial score (nSPS) is 11.4. The molecule has 1 aromatic heterocycles. The van der Waals surface area contributed by atoms with Crippen molar-refractivity contribution in [2.24, 2.45) is 0 Å². The molecular weight excluding hydrogens is 329 g/mol. The average molecular weight is 336 g/mol. The summed E-state index contributed by atoms with van der Waals surface area (Å²) in [6, 6.07) is 7.22. The Morgan fingerprint density at radius 1 is 1.29 bits per heavy atom. The molecule has 0 aliphatic carbocycles. The van der Waals surface area contributed by atoms with Crippen LogP contribution in [0.2, 0.25) is 0 Å². The zero-order valence-electron chi connectivity index (χ0n) is 8.35. The number of nitrogens with one attached hydrogen (secondary N) is 1. The molecule has 3 nitrogen and oxygen atoms in total. The van der Waals surface area contributed by atoms with Crippen molar-refractivity contribution in [1.29, 1.82) is 0 Å². The van der Waals surface area contributed by atoms with Gasteiger partial charge in [0, 0.05) is 4.47 Å². The molecule has 0 spiro atoms. The number of anilines is 1. The van der Waals surface area contributed by atoms with E-state index < -0.39 is 15.8 Å². The largest absolute Gasteiger partial charge is 0.276 e. The summed E-state index contributed by atoms with van der Waals surface area (Å²) in [6.45, 7) is 0. The molecule has 90 valence electrons. The second-order valence-corrected chi connectivity index (χ2v) is 6.93. The van der Waals surface area contributed by atoms with Crippen LogP contribution in [-0.4, -0.2) is 8.42 Å². The molecule has 1 heterocycles. The van der Waals surface area contributed by atoms with Crippen LogP contribution in [0.1, 0.15) is 0 Å². The Bertz CT molecular complexity index is 626. The monoisotopic (exact) mass is 335 g/mol. The van der Waals surface area contributed by atoms with Gasteiger partial charge in [-0.3, -0.25) is 4.72 Å². The molecule has 7 heteroatoms. The van der Waals surface area contributed by atoms with Crippen LogP contribution in [-0.2, 0) is 10.0 Å². The third-order valence-electron chi connectivity index (χ3n) is 1.94. The molecule has 0 amide bonds. The maximum absolute atomic E-state index is 13.5. The van der Waals surface area contributed by atoms with Gasteiger partial charge < -0.3 is 0 Å². The van der Waals surface area contributed by atoms with E-state index in [1.165, 1.54) is 18.2 Å². The van der Waals surface area contributed by atoms with E-state index in [2.05, 4.69) is 20.7 Å². The summed E-state index contributed by atoms with van der Waals surface area (Å²) in [6.07, 6.45) is 0. The lowest BCUT2D eigenvalue weighted by Crippen LogP contribution is -2.12. The number of hydrogen-bond donors (Lipinski definition) is 1. The van der Waals surface area contributed by atoms with Crippen LogP contribution < -0.4 is 4.72 Å². The number of thiophene rings is 1. The lowest BCUT2D eigenvalue weighted by atomic mass is 10.3. The number of rotatable bonds is 3. The molecule has 0 atom stereocenters. The Balaban J connectivity index is 2.33. The summed E-state index contributed by atoms with van der Waals surface area (Å²) < 4.78 is 40.0. The van der Waals surface area contributed by atoms with E-state index in [0.717, 1.165) is 11.3 Å². The first-order chi connectivity index (χ1) is 7.99. The highest BCUT2D eigenvalue weighted by Gasteiger charge is 2.17. The smallest absolute Gasteiger partial charge is 0.271 e. The molecule has 0 aliphatic heterocycles. The fraction of sp³-hybridized carbons (Fsp3) is 0. The average Bonchev–Trinajstić information content (AvgIpc) is 2.76. The summed E-state index contributed by atoms with van der Waals surface area (Å²) in [7, 11) is -3.69. The zero-order valence-corrected chi connectivity index (χ0v) is 11.6. The maximum Gasteiger partial charge on any atom is 0.271 e. The lowest BCUT2D eigenvalue weighted by Gasteiger charge is -2.07. The van der Waals surface area contributed by atoms with Crippen molar-refractivity contribution in [3.8, 4) is 0 Å². The summed E-state index contributed by atoms with van der Waals surface area (Å²) in [5.74, 6) is -0.625. The Kier molecular flexibility index (Phi) is 3.50. The quantitative estimate of drug-likeness (QED) is 0.933. The van der Waals surface area contributed by atoms with Crippen molar-refractivity contribution in [3.63, 3.8) is 0 Å². The molecule has 0 radical (unpaired) electrons. The first-order valence-electron chi connectivity index (χ1n) is 4.50. The molecule has 2 rings (SSSR count). The van der Waals surface area contributed by atoms with Crippen molar-refractivity contribution in [3.05, 3.63) is 46.0 Å². The van der Waals surface area contributed by atoms with E-state index in [4.69, 9.17) is 0 Å². The number of sulfonamides is 1. The summed E-state index contributed by atoms with van der Waals surface area (Å²) in [5, 5.41) is 1.65. The molecule has 0 bridgehead atoms. The summed E-state index contributed by atoms with van der Waals surface area (Å²) in [5.41, 5.74) is -0.0680. The topological polar surface area (TPSA) is 46.2 Å². The summed E-state index contributed by atoms with van der Waals surface area (Å²) in [4.78, 5) is 0. The van der Waals surface area contributed by atoms with Crippen LogP contribution >= 0.6 is 27.3 Å². The Hall–Kier alpha value is -0.920. The van der Waals surface area contributed by atoms with Gasteiger partial charge in [0.25, 0.3) is 10.0 Å². The van der Waals surface area contributed by atoms with Crippen molar-refractivity contribution in [2.75, 3.05) is 4.72 Å². The van der Waals surface area contributed by atoms with Crippen LogP contribution in [0, 0.1) is 5.82 Å². The van der Waals surface area contributed by atoms with Gasteiger partial charge in [-0.15, -0.1) is 11.3 Å². The molecule has 0 aliphatic rings. The molecular formula is C10H7BrFNO2S2. The molecule has 17 heavy (non-hydrogen) atoms. The van der Waals surface area contributed by atoms with E-state index in [-0.39, 0.29) is 9.90 Å². The van der Waals surface area contributed by atoms with Gasteiger partial charge in [0.15, 0.2) is 0 Å². The van der Waals surface area contributed by atoms with Crippen molar-refractivity contribution in [2.45, 2.75) is 4.21 Å². The Morgan fingerprint density at radius 3 is 2.65 bits per heavy atom. The van der Waals surface area contributed by atoms with E-state index >= 15 is 0 Å². The van der Waals surface area contributed by atoms with Gasteiger partial charge in [-0.05, 0) is 29.6 Å². The SMILES string of the molecule is O=S(=O)(Nc1ccc(Br)cc1F)c1cccs1. The second kappa shape index (κ2) is 4.75. The van der Waals surface area contributed by atoms with E-state index in [1.54, 1.807) is 17.5 Å². The standard InChI is InChI=1S/C10H7BrFNO2S2/c11-7-3-4-9(8(12)6-7)13-17(14,15)10-2-1-5-16-10/h1-6,13H. The predicted molar refractivity (Wildman–Crippen MR) is 69.2 cm³/mol. The number of benzene rings is 1. The van der Waals surface area contributed by atoms with Crippen LogP contribution in [0.3, 0.4) is 0 Å². The van der Waals surface area contributed by atoms with Gasteiger partial charge in [0.05, 0.1) is 5.69 Å². The van der Waals surface area contributed by atoms with Crippen molar-refractivity contribution >= 4 is 43.0 Å². The van der Waals surface area contributed by atoms with E-state index in [1.807, 2.05) is 0 Å². The van der Waals surface area contributed by atoms with E-state index in [9.17, 15) is 12.8 Å². The van der Waals surface area contributed by atoms with Gasteiger partial charge in [0.1, 0.15) is 10.0 Å². The molecule has 0 fully saturated rings. The highest BCUT2D eigenvalue weighted by molar-refractivity contribution is 9.10. The van der Waals surface area contributed by atoms with Gasteiger partial charge in [0.2, 0.25) is 0 Å². The number of halogens is 2. The van der Waals surface area contributed by atoms with Gasteiger partial charge in [-0.1, -0.05) is 22.0 Å². The predicted octanol–water partition coefficient (Wildman–Crippen LogP) is 3.45. The van der Waals surface area contributed by atoms with E-state index in [0.29, 0.717) is 4.47 Å². The third-order valence-corrected chi connectivity index (χ3v) is 5.19. The van der Waals surface area contributed by atoms with Crippen molar-refractivity contribution < 1.29 is 12.8 Å². The lowest BCUT2D eigenvalue weighted by molar-refractivity contribution is 0.600. The van der Waals surface area contributed by atoms with Gasteiger partial charge in [-0.2, -0.15) is 0 Å². The highest BCUT2D eigenvalue weighted by Crippen LogP contribution is 2.24. The first kappa shape index (κ1) is 12.5. The minimum atomic E-state index is -3.69. The summed E-state index contributed by atoms with van der Waals surface area (Å²) >= 11 is 4.18. The molecule has 2 aromatic rings. The molecule has 1 aromatic carbocycles. The minimum absolute atomic E-state index is 0.0680. The minimum Gasteiger partial charge on any atom is -0.276 e. The van der Waals surface area contributed by atoms with Crippen molar-refractivity contribution in [1.82, 2.24) is 0 Å². The molecule has 0 saturated carbocycles. The van der Waals surface area contributed by atoms with Crippen LogP contribution in [0.5, 0.6) is 0 Å². The third kappa shape index (κ3) is 2.85. The van der Waals surface area contributed by atoms with Crippen LogP contribution in [0.25, 0.3) is 0 Å². The molecule has 0 saturated heterocycles.